The lowest BCUT2D eigenvalue weighted by atomic mass is 10.1. The first kappa shape index (κ1) is 12.5. The van der Waals surface area contributed by atoms with Gasteiger partial charge in [-0.2, -0.15) is 13.2 Å². The first-order valence-corrected chi connectivity index (χ1v) is 4.40. The Hall–Kier alpha value is -0.510. The summed E-state index contributed by atoms with van der Waals surface area (Å²) in [6.45, 7) is 2.00. The fourth-order valence-electron chi connectivity index (χ4n) is 0.920. The maximum atomic E-state index is 11.6. The number of unbranched alkanes of at least 4 members (excludes halogenated alkanes) is 2. The van der Waals surface area contributed by atoms with Crippen LogP contribution in [0.25, 0.3) is 0 Å². The highest BCUT2D eigenvalue weighted by Crippen LogP contribution is 2.17. The summed E-state index contributed by atoms with van der Waals surface area (Å²) in [5, 5.41) is 9.05. The van der Waals surface area contributed by atoms with Gasteiger partial charge in [0.15, 0.2) is 0 Å². The molecular weight excluding hydrogens is 181 g/mol. The van der Waals surface area contributed by atoms with E-state index >= 15 is 0 Å². The van der Waals surface area contributed by atoms with Gasteiger partial charge in [0, 0.05) is 6.08 Å². The Labute approximate surface area is 76.3 Å². The molecular formula is C9H15F3O. The zero-order chi connectivity index (χ0) is 10.3. The molecule has 0 rings (SSSR count). The van der Waals surface area contributed by atoms with E-state index in [2.05, 4.69) is 0 Å². The molecule has 78 valence electrons. The molecule has 0 saturated heterocycles. The van der Waals surface area contributed by atoms with E-state index < -0.39 is 12.3 Å². The van der Waals surface area contributed by atoms with Gasteiger partial charge in [-0.1, -0.05) is 32.3 Å². The number of allylic oxidation sites excluding steroid dienone is 1. The van der Waals surface area contributed by atoms with Gasteiger partial charge in [-0.25, -0.2) is 0 Å². The zero-order valence-electron chi connectivity index (χ0n) is 7.64. The largest absolute Gasteiger partial charge is 0.409 e. The van der Waals surface area contributed by atoms with Crippen molar-refractivity contribution in [2.45, 2.75) is 44.9 Å². The Morgan fingerprint density at radius 1 is 1.31 bits per heavy atom. The third-order valence-corrected chi connectivity index (χ3v) is 1.61. The molecule has 0 aromatic rings. The molecule has 4 heteroatoms. The van der Waals surface area contributed by atoms with Gasteiger partial charge in [-0.15, -0.1) is 0 Å². The van der Waals surface area contributed by atoms with E-state index in [1.807, 2.05) is 6.92 Å². The monoisotopic (exact) mass is 196 g/mol. The molecule has 0 aromatic carbocycles. The Morgan fingerprint density at radius 2 is 1.92 bits per heavy atom. The van der Waals surface area contributed by atoms with Gasteiger partial charge in [0.1, 0.15) is 0 Å². The summed E-state index contributed by atoms with van der Waals surface area (Å²) < 4.78 is 34.8. The summed E-state index contributed by atoms with van der Waals surface area (Å²) >= 11 is 0. The first-order valence-electron chi connectivity index (χ1n) is 4.40. The molecule has 0 aliphatic carbocycles. The van der Waals surface area contributed by atoms with Crippen molar-refractivity contribution in [3.63, 3.8) is 0 Å². The second-order valence-corrected chi connectivity index (χ2v) is 2.96. The standard InChI is InChI=1S/C9H15F3O/c1-2-3-4-5-8(13)6-7-9(10,11)12/h6-8,13H,2-5H2,1H3/b7-6+/t8-/m1/s1. The van der Waals surface area contributed by atoms with Gasteiger partial charge >= 0.3 is 6.18 Å². The Kier molecular flexibility index (Phi) is 5.79. The number of alkyl halides is 3. The van der Waals surface area contributed by atoms with Crippen LogP contribution in [0.15, 0.2) is 12.2 Å². The van der Waals surface area contributed by atoms with Crippen LogP contribution in [0.3, 0.4) is 0 Å². The third kappa shape index (κ3) is 9.40. The molecule has 0 aromatic heterocycles. The highest BCUT2D eigenvalue weighted by Gasteiger charge is 2.22. The van der Waals surface area contributed by atoms with Gasteiger partial charge in [0.2, 0.25) is 0 Å². The minimum Gasteiger partial charge on any atom is -0.389 e. The van der Waals surface area contributed by atoms with Crippen LogP contribution in [0, 0.1) is 0 Å². The second-order valence-electron chi connectivity index (χ2n) is 2.96. The van der Waals surface area contributed by atoms with Crippen LogP contribution >= 0.6 is 0 Å². The van der Waals surface area contributed by atoms with E-state index in [-0.39, 0.29) is 6.08 Å². The fraction of sp³-hybridized carbons (Fsp3) is 0.778. The van der Waals surface area contributed by atoms with Crippen molar-refractivity contribution in [2.75, 3.05) is 0 Å². The number of aliphatic hydroxyl groups excluding tert-OH is 1. The van der Waals surface area contributed by atoms with Gasteiger partial charge in [-0.3, -0.25) is 0 Å². The van der Waals surface area contributed by atoms with E-state index in [1.54, 1.807) is 0 Å². The molecule has 0 saturated carbocycles. The molecule has 0 amide bonds. The summed E-state index contributed by atoms with van der Waals surface area (Å²) in [5.41, 5.74) is 0. The fourth-order valence-corrected chi connectivity index (χ4v) is 0.920. The molecule has 0 heterocycles. The maximum absolute atomic E-state index is 11.6. The molecule has 1 atom stereocenters. The number of hydrogen-bond acceptors (Lipinski definition) is 1. The van der Waals surface area contributed by atoms with Crippen LogP contribution in [0.2, 0.25) is 0 Å². The SMILES string of the molecule is CCCCC[C@@H](O)/C=C/C(F)(F)F. The first-order chi connectivity index (χ1) is 5.95. The lowest BCUT2D eigenvalue weighted by molar-refractivity contribution is -0.0806. The van der Waals surface area contributed by atoms with Crippen LogP contribution < -0.4 is 0 Å². The van der Waals surface area contributed by atoms with Crippen molar-refractivity contribution in [1.29, 1.82) is 0 Å². The minimum absolute atomic E-state index is 0.0869. The average Bonchev–Trinajstić information content (AvgIpc) is 2.00. The molecule has 1 N–H and O–H groups in total. The van der Waals surface area contributed by atoms with Gasteiger partial charge in [0.25, 0.3) is 0 Å². The average molecular weight is 196 g/mol. The molecule has 13 heavy (non-hydrogen) atoms. The van der Waals surface area contributed by atoms with Crippen molar-refractivity contribution >= 4 is 0 Å². The molecule has 0 fully saturated rings. The predicted octanol–water partition coefficient (Wildman–Crippen LogP) is 3.05. The molecule has 0 aliphatic heterocycles. The Morgan fingerprint density at radius 3 is 2.38 bits per heavy atom. The molecule has 1 nitrogen and oxygen atoms in total. The Bertz CT molecular complexity index is 151. The van der Waals surface area contributed by atoms with Crippen LogP contribution in [0.5, 0.6) is 0 Å². The molecule has 0 radical (unpaired) electrons. The topological polar surface area (TPSA) is 20.2 Å². The summed E-state index contributed by atoms with van der Waals surface area (Å²) in [7, 11) is 0. The van der Waals surface area contributed by atoms with Crippen molar-refractivity contribution in [3.05, 3.63) is 12.2 Å². The van der Waals surface area contributed by atoms with E-state index in [4.69, 9.17) is 5.11 Å². The van der Waals surface area contributed by atoms with E-state index in [1.165, 1.54) is 0 Å². The van der Waals surface area contributed by atoms with Gasteiger partial charge < -0.3 is 5.11 Å². The van der Waals surface area contributed by atoms with Crippen molar-refractivity contribution in [1.82, 2.24) is 0 Å². The number of aliphatic hydroxyl groups is 1. The molecule has 0 aliphatic rings. The number of halogens is 3. The Balaban J connectivity index is 3.61. The highest BCUT2D eigenvalue weighted by molar-refractivity contribution is 4.93. The van der Waals surface area contributed by atoms with Crippen LogP contribution in [-0.4, -0.2) is 17.4 Å². The third-order valence-electron chi connectivity index (χ3n) is 1.61. The van der Waals surface area contributed by atoms with Gasteiger partial charge in [0.05, 0.1) is 6.10 Å². The van der Waals surface area contributed by atoms with Crippen molar-refractivity contribution in [2.24, 2.45) is 0 Å². The van der Waals surface area contributed by atoms with Crippen LogP contribution in [-0.2, 0) is 0 Å². The molecule has 0 spiro atoms. The van der Waals surface area contributed by atoms with Crippen LogP contribution in [0.1, 0.15) is 32.6 Å². The van der Waals surface area contributed by atoms with E-state index in [0.29, 0.717) is 6.42 Å². The number of hydrogen-bond donors (Lipinski definition) is 1. The molecule has 0 bridgehead atoms. The van der Waals surface area contributed by atoms with E-state index in [9.17, 15) is 13.2 Å². The highest BCUT2D eigenvalue weighted by atomic mass is 19.4. The summed E-state index contributed by atoms with van der Waals surface area (Å²) in [6, 6.07) is 0. The quantitative estimate of drug-likeness (QED) is 0.529. The summed E-state index contributed by atoms with van der Waals surface area (Å²) in [6.07, 6.45) is -1.29. The zero-order valence-corrected chi connectivity index (χ0v) is 7.64. The smallest absolute Gasteiger partial charge is 0.389 e. The summed E-state index contributed by atoms with van der Waals surface area (Å²) in [5.74, 6) is 0. The summed E-state index contributed by atoms with van der Waals surface area (Å²) in [4.78, 5) is 0. The molecule has 0 unspecified atom stereocenters. The minimum atomic E-state index is -4.31. The lowest BCUT2D eigenvalue weighted by Gasteiger charge is -2.05. The van der Waals surface area contributed by atoms with Crippen LogP contribution in [0.4, 0.5) is 13.2 Å². The normalized spacial score (nSPS) is 15.2. The second kappa shape index (κ2) is 6.02. The maximum Gasteiger partial charge on any atom is 0.409 e. The van der Waals surface area contributed by atoms with Crippen molar-refractivity contribution < 1.29 is 18.3 Å². The van der Waals surface area contributed by atoms with E-state index in [0.717, 1.165) is 25.3 Å². The number of rotatable bonds is 5. The predicted molar refractivity (Wildman–Crippen MR) is 45.3 cm³/mol. The van der Waals surface area contributed by atoms with Gasteiger partial charge in [-0.05, 0) is 6.42 Å². The van der Waals surface area contributed by atoms with Crippen molar-refractivity contribution in [3.8, 4) is 0 Å². The lowest BCUT2D eigenvalue weighted by Crippen LogP contribution is -2.06.